The molecule has 0 bridgehead atoms. The molecule has 2 aliphatic carbocycles. The largest absolute Gasteiger partial charge is 1.00 e. The summed E-state index contributed by atoms with van der Waals surface area (Å²) in [6, 6.07) is 0. The van der Waals surface area contributed by atoms with Crippen LogP contribution in [-0.4, -0.2) is 6.41 Å². The second-order valence-corrected chi connectivity index (χ2v) is 9.66. The van der Waals surface area contributed by atoms with Crippen LogP contribution in [0.4, 0.5) is 0 Å². The molecule has 0 amide bonds. The van der Waals surface area contributed by atoms with E-state index in [4.69, 9.17) is 0 Å². The van der Waals surface area contributed by atoms with Crippen LogP contribution in [-0.2, 0) is 22.3 Å². The maximum absolute atomic E-state index is 2.99. The van der Waals surface area contributed by atoms with E-state index in [0.29, 0.717) is 0 Å². The first-order valence-corrected chi connectivity index (χ1v) is 8.39. The van der Waals surface area contributed by atoms with Gasteiger partial charge in [0.2, 0.25) is 0 Å². The van der Waals surface area contributed by atoms with Gasteiger partial charge in [-0.05, 0) is 0 Å². The Morgan fingerprint density at radius 1 is 0.789 bits per heavy atom. The number of hydrogen-bond donors (Lipinski definition) is 0. The molecule has 0 aliphatic heterocycles. The Kier molecular flexibility index (Phi) is 23.1. The fourth-order valence-corrected chi connectivity index (χ4v) is 3.64. The molecule has 0 fully saturated rings. The summed E-state index contributed by atoms with van der Waals surface area (Å²) in [6.45, 7) is 8.94. The van der Waals surface area contributed by atoms with Gasteiger partial charge in [0.25, 0.3) is 0 Å². The van der Waals surface area contributed by atoms with E-state index in [1.807, 2.05) is 24.3 Å². The molecule has 2 aliphatic rings. The first kappa shape index (κ1) is 24.2. The molecule has 0 aromatic rings. The summed E-state index contributed by atoms with van der Waals surface area (Å²) in [5, 5.41) is 0. The summed E-state index contributed by atoms with van der Waals surface area (Å²) in [5.41, 5.74) is 0. The smallest absolute Gasteiger partial charge is 0.109 e. The molecule has 0 N–H and O–H groups in total. The minimum atomic E-state index is -0.128. The van der Waals surface area contributed by atoms with Gasteiger partial charge < -0.3 is 24.8 Å². The van der Waals surface area contributed by atoms with Gasteiger partial charge in [0.1, 0.15) is 0 Å². The zero-order valence-electron chi connectivity index (χ0n) is 12.1. The molecular formula is C16H22Cl2Zr-4. The Morgan fingerprint density at radius 3 is 1.21 bits per heavy atom. The Labute approximate surface area is 142 Å². The number of allylic oxidation sites excluding steroid dienone is 8. The third-order valence-corrected chi connectivity index (χ3v) is 4.13. The number of rotatable bonds is 0. The van der Waals surface area contributed by atoms with Crippen LogP contribution in [0.25, 0.3) is 0 Å². The van der Waals surface area contributed by atoms with Crippen molar-refractivity contribution in [3.63, 3.8) is 0 Å². The average molecular weight is 376 g/mol. The van der Waals surface area contributed by atoms with E-state index in [1.165, 1.54) is 0 Å². The van der Waals surface area contributed by atoms with E-state index in [1.54, 1.807) is 6.41 Å². The van der Waals surface area contributed by atoms with Crippen LogP contribution in [0.2, 0.25) is 0 Å². The molecule has 0 atom stereocenters. The molecule has 3 heteroatoms. The zero-order chi connectivity index (χ0) is 12.9. The molecule has 0 unspecified atom stereocenters. The normalized spacial score (nSPS) is 12.0. The van der Waals surface area contributed by atoms with Crippen LogP contribution in [0.5, 0.6) is 0 Å². The first-order chi connectivity index (χ1) is 8.13. The van der Waals surface area contributed by atoms with Gasteiger partial charge in [0.15, 0.2) is 0 Å². The molecule has 108 valence electrons. The molecule has 0 aromatic carbocycles. The molecule has 0 nitrogen and oxygen atoms in total. The maximum atomic E-state index is 2.99. The summed E-state index contributed by atoms with van der Waals surface area (Å²) >= 11 is -0.128. The Balaban J connectivity index is -0.000000194. The fourth-order valence-electron chi connectivity index (χ4n) is 1.18. The van der Waals surface area contributed by atoms with Crippen molar-refractivity contribution in [3.05, 3.63) is 48.6 Å². The first-order valence-electron chi connectivity index (χ1n) is 5.93. The second-order valence-electron chi connectivity index (χ2n) is 4.13. The quantitative estimate of drug-likeness (QED) is 0.434. The summed E-state index contributed by atoms with van der Waals surface area (Å²) in [6.07, 6.45) is 20.0. The van der Waals surface area contributed by atoms with Gasteiger partial charge >= 0.3 is 56.4 Å². The molecule has 0 spiro atoms. The van der Waals surface area contributed by atoms with E-state index < -0.39 is 0 Å². The topological polar surface area (TPSA) is 0 Å². The van der Waals surface area contributed by atoms with Crippen molar-refractivity contribution in [2.24, 2.45) is 0 Å². The maximum Gasteiger partial charge on any atom is -0.109 e. The molecule has 19 heavy (non-hydrogen) atoms. The van der Waals surface area contributed by atoms with Crippen molar-refractivity contribution >= 4 is 6.41 Å². The zero-order valence-corrected chi connectivity index (χ0v) is 16.1. The van der Waals surface area contributed by atoms with Crippen molar-refractivity contribution in [3.8, 4) is 0 Å². The third-order valence-electron chi connectivity index (χ3n) is 1.67. The van der Waals surface area contributed by atoms with E-state index in [9.17, 15) is 0 Å². The summed E-state index contributed by atoms with van der Waals surface area (Å²) in [7, 11) is 0. The summed E-state index contributed by atoms with van der Waals surface area (Å²) in [4.78, 5) is 0. The van der Waals surface area contributed by atoms with E-state index >= 15 is 0 Å². The molecule has 0 saturated heterocycles. The van der Waals surface area contributed by atoms with Crippen LogP contribution in [0.15, 0.2) is 36.5 Å². The minimum Gasteiger partial charge on any atom is -1.00 e. The predicted octanol–water partition coefficient (Wildman–Crippen LogP) is -1.89. The van der Waals surface area contributed by atoms with E-state index in [0.717, 1.165) is 12.8 Å². The number of halogens is 2. The van der Waals surface area contributed by atoms with Gasteiger partial charge in [0.05, 0.1) is 0 Å². The summed E-state index contributed by atoms with van der Waals surface area (Å²) in [5.74, 6) is 0. The SMILES string of the molecule is C[C](C)=[Zr]=[C](C)C.[C-]1=CC=CC1.[C-]1=CC=CC1.[Cl-].[Cl-]. The molecular weight excluding hydrogens is 354 g/mol. The Bertz CT molecular complexity index is 320. The van der Waals surface area contributed by atoms with Gasteiger partial charge in [-0.3, -0.25) is 12.2 Å². The molecule has 0 heterocycles. The van der Waals surface area contributed by atoms with Gasteiger partial charge in [-0.2, -0.15) is 12.2 Å². The predicted molar refractivity (Wildman–Crippen MR) is 75.9 cm³/mol. The van der Waals surface area contributed by atoms with Crippen molar-refractivity contribution in [1.82, 2.24) is 0 Å². The van der Waals surface area contributed by atoms with Gasteiger partial charge in [-0.25, -0.2) is 24.3 Å². The monoisotopic (exact) mass is 374 g/mol. The average Bonchev–Trinajstić information content (AvgIpc) is 2.96. The van der Waals surface area contributed by atoms with Gasteiger partial charge in [-0.15, -0.1) is 12.8 Å². The van der Waals surface area contributed by atoms with Crippen molar-refractivity contribution in [2.75, 3.05) is 0 Å². The summed E-state index contributed by atoms with van der Waals surface area (Å²) < 4.78 is 3.34. The minimum absolute atomic E-state index is 0. The molecule has 0 aromatic heterocycles. The van der Waals surface area contributed by atoms with E-state index in [-0.39, 0.29) is 47.1 Å². The molecule has 0 saturated carbocycles. The Morgan fingerprint density at radius 2 is 1.16 bits per heavy atom. The van der Waals surface area contributed by atoms with Crippen LogP contribution in [0.3, 0.4) is 0 Å². The van der Waals surface area contributed by atoms with Crippen LogP contribution in [0.1, 0.15) is 40.5 Å². The van der Waals surface area contributed by atoms with Crippen molar-refractivity contribution in [2.45, 2.75) is 40.5 Å². The second kappa shape index (κ2) is 18.2. The fraction of sp³-hybridized carbons (Fsp3) is 0.375. The van der Waals surface area contributed by atoms with Crippen LogP contribution in [0, 0.1) is 12.2 Å². The van der Waals surface area contributed by atoms with Crippen molar-refractivity contribution in [1.29, 1.82) is 0 Å². The van der Waals surface area contributed by atoms with Crippen molar-refractivity contribution < 1.29 is 47.1 Å². The standard InChI is InChI=1S/2C5H5.2C3H6.2ClH.Zr/c2*1-2-4-5-3-1;2*1-3-2;;;/h2*1-3H,4H2;2*1-2H3;2*1H;/q2*-1;;;;;/p-2. The Hall–Kier alpha value is 0.163. The van der Waals surface area contributed by atoms with Crippen LogP contribution < -0.4 is 24.8 Å². The molecule has 0 radical (unpaired) electrons. The molecule has 2 rings (SSSR count). The van der Waals surface area contributed by atoms with Crippen LogP contribution >= 0.6 is 0 Å². The van der Waals surface area contributed by atoms with Gasteiger partial charge in [0, 0.05) is 0 Å². The number of hydrogen-bond acceptors (Lipinski definition) is 0. The van der Waals surface area contributed by atoms with E-state index in [2.05, 4.69) is 52.0 Å². The van der Waals surface area contributed by atoms with Gasteiger partial charge in [-0.1, -0.05) is 0 Å². The third kappa shape index (κ3) is 23.7.